The third kappa shape index (κ3) is 4.66. The SMILES string of the molecule is COc1ccc(C2=NN(C(=O)CN(C)C(=O)C3CCCC3)[C@H](c3ccc(F)cc3)C2)cc1. The van der Waals surface area contributed by atoms with Crippen molar-refractivity contribution in [1.82, 2.24) is 9.91 Å². The first kappa shape index (κ1) is 22.0. The van der Waals surface area contributed by atoms with Gasteiger partial charge in [-0.25, -0.2) is 9.40 Å². The molecule has 6 nitrogen and oxygen atoms in total. The van der Waals surface area contributed by atoms with Crippen molar-refractivity contribution in [3.63, 3.8) is 0 Å². The molecule has 2 aliphatic rings. The van der Waals surface area contributed by atoms with Crippen LogP contribution < -0.4 is 4.74 Å². The lowest BCUT2D eigenvalue weighted by Gasteiger charge is -2.26. The summed E-state index contributed by atoms with van der Waals surface area (Å²) in [7, 11) is 3.28. The number of carbonyl (C=O) groups is 2. The number of hydrogen-bond donors (Lipinski definition) is 0. The maximum atomic E-state index is 13.5. The molecule has 0 saturated heterocycles. The van der Waals surface area contributed by atoms with Gasteiger partial charge in [0.2, 0.25) is 5.91 Å². The van der Waals surface area contributed by atoms with E-state index in [2.05, 4.69) is 5.10 Å². The first-order valence-electron chi connectivity index (χ1n) is 11.0. The standard InChI is InChI=1S/C25H28FN3O3/c1-28(25(31)19-5-3-4-6-19)16-24(30)29-23(18-7-11-20(26)12-8-18)15-22(27-29)17-9-13-21(32-2)14-10-17/h7-14,19,23H,3-6,15-16H2,1-2H3/t23-/m0/s1. The fourth-order valence-electron chi connectivity index (χ4n) is 4.48. The highest BCUT2D eigenvalue weighted by Gasteiger charge is 2.35. The molecule has 0 N–H and O–H groups in total. The molecule has 0 unspecified atom stereocenters. The quantitative estimate of drug-likeness (QED) is 0.682. The molecule has 0 radical (unpaired) electrons. The van der Waals surface area contributed by atoms with Crippen LogP contribution in [0.1, 0.15) is 49.3 Å². The van der Waals surface area contributed by atoms with Gasteiger partial charge >= 0.3 is 0 Å². The molecule has 1 saturated carbocycles. The zero-order valence-electron chi connectivity index (χ0n) is 18.5. The van der Waals surface area contributed by atoms with E-state index in [1.807, 2.05) is 24.3 Å². The van der Waals surface area contributed by atoms with E-state index in [0.29, 0.717) is 6.42 Å². The van der Waals surface area contributed by atoms with Gasteiger partial charge < -0.3 is 9.64 Å². The summed E-state index contributed by atoms with van der Waals surface area (Å²) in [4.78, 5) is 27.4. The largest absolute Gasteiger partial charge is 0.497 e. The third-order valence-corrected chi connectivity index (χ3v) is 6.30. The van der Waals surface area contributed by atoms with Gasteiger partial charge in [-0.3, -0.25) is 9.59 Å². The molecule has 1 heterocycles. The van der Waals surface area contributed by atoms with Gasteiger partial charge in [0.15, 0.2) is 0 Å². The molecule has 1 fully saturated rings. The Balaban J connectivity index is 1.56. The number of hydrogen-bond acceptors (Lipinski definition) is 4. The van der Waals surface area contributed by atoms with Gasteiger partial charge in [0.05, 0.1) is 18.9 Å². The number of amides is 2. The molecule has 32 heavy (non-hydrogen) atoms. The van der Waals surface area contributed by atoms with Crippen LogP contribution >= 0.6 is 0 Å². The number of likely N-dealkylation sites (N-methyl/N-ethyl adjacent to an activating group) is 1. The number of rotatable bonds is 6. The molecule has 0 aromatic heterocycles. The van der Waals surface area contributed by atoms with Crippen molar-refractivity contribution in [3.05, 3.63) is 65.5 Å². The molecule has 0 spiro atoms. The molecular weight excluding hydrogens is 409 g/mol. The first-order chi connectivity index (χ1) is 15.5. The number of ether oxygens (including phenoxy) is 1. The smallest absolute Gasteiger partial charge is 0.262 e. The topological polar surface area (TPSA) is 62.2 Å². The normalized spacial score (nSPS) is 18.5. The van der Waals surface area contributed by atoms with E-state index in [0.717, 1.165) is 48.3 Å². The minimum Gasteiger partial charge on any atom is -0.497 e. The zero-order chi connectivity index (χ0) is 22.7. The zero-order valence-corrected chi connectivity index (χ0v) is 18.5. The van der Waals surface area contributed by atoms with Crippen molar-refractivity contribution in [2.75, 3.05) is 20.7 Å². The van der Waals surface area contributed by atoms with Crippen LogP contribution in [0.25, 0.3) is 0 Å². The van der Waals surface area contributed by atoms with E-state index in [9.17, 15) is 14.0 Å². The molecule has 7 heteroatoms. The molecule has 1 aliphatic carbocycles. The average molecular weight is 438 g/mol. The Labute approximate surface area is 187 Å². The summed E-state index contributed by atoms with van der Waals surface area (Å²) < 4.78 is 18.7. The second-order valence-electron chi connectivity index (χ2n) is 8.46. The van der Waals surface area contributed by atoms with Gasteiger partial charge in [0.1, 0.15) is 18.1 Å². The van der Waals surface area contributed by atoms with Crippen LogP contribution in [0.5, 0.6) is 5.75 Å². The number of nitrogens with zero attached hydrogens (tertiary/aromatic N) is 3. The van der Waals surface area contributed by atoms with E-state index < -0.39 is 0 Å². The molecule has 1 atom stereocenters. The minimum atomic E-state index is -0.352. The van der Waals surface area contributed by atoms with Crippen LogP contribution in [0.15, 0.2) is 53.6 Å². The number of hydrazone groups is 1. The van der Waals surface area contributed by atoms with Crippen LogP contribution in [0, 0.1) is 11.7 Å². The molecule has 1 aliphatic heterocycles. The van der Waals surface area contributed by atoms with E-state index in [4.69, 9.17) is 4.74 Å². The van der Waals surface area contributed by atoms with E-state index >= 15 is 0 Å². The maximum absolute atomic E-state index is 13.5. The highest BCUT2D eigenvalue weighted by molar-refractivity contribution is 6.03. The number of carbonyl (C=O) groups excluding carboxylic acids is 2. The summed E-state index contributed by atoms with van der Waals surface area (Å²) in [5, 5.41) is 6.08. The van der Waals surface area contributed by atoms with Crippen molar-refractivity contribution < 1.29 is 18.7 Å². The fourth-order valence-corrected chi connectivity index (χ4v) is 4.48. The predicted molar refractivity (Wildman–Crippen MR) is 120 cm³/mol. The number of halogens is 1. The van der Waals surface area contributed by atoms with Crippen molar-refractivity contribution in [3.8, 4) is 5.75 Å². The lowest BCUT2D eigenvalue weighted by molar-refractivity contribution is -0.142. The summed E-state index contributed by atoms with van der Waals surface area (Å²) in [5.74, 6) is 0.187. The van der Waals surface area contributed by atoms with Crippen LogP contribution in [0.3, 0.4) is 0 Å². The fraction of sp³-hybridized carbons (Fsp3) is 0.400. The number of methoxy groups -OCH3 is 1. The Morgan fingerprint density at radius 3 is 2.38 bits per heavy atom. The second kappa shape index (κ2) is 9.51. The molecule has 168 valence electrons. The van der Waals surface area contributed by atoms with Crippen molar-refractivity contribution >= 4 is 17.5 Å². The van der Waals surface area contributed by atoms with E-state index in [1.54, 1.807) is 26.3 Å². The molecule has 2 amide bonds. The lowest BCUT2D eigenvalue weighted by Crippen LogP contribution is -2.41. The van der Waals surface area contributed by atoms with Crippen LogP contribution in [-0.2, 0) is 9.59 Å². The second-order valence-corrected chi connectivity index (χ2v) is 8.46. The van der Waals surface area contributed by atoms with Crippen molar-refractivity contribution in [2.45, 2.75) is 38.1 Å². The Morgan fingerprint density at radius 1 is 1.09 bits per heavy atom. The Morgan fingerprint density at radius 2 is 1.75 bits per heavy atom. The summed E-state index contributed by atoms with van der Waals surface area (Å²) in [5.41, 5.74) is 2.46. The highest BCUT2D eigenvalue weighted by atomic mass is 19.1. The Bertz CT molecular complexity index is 998. The summed E-state index contributed by atoms with van der Waals surface area (Å²) >= 11 is 0. The van der Waals surface area contributed by atoms with E-state index in [-0.39, 0.29) is 36.1 Å². The van der Waals surface area contributed by atoms with Gasteiger partial charge in [-0.1, -0.05) is 25.0 Å². The minimum absolute atomic E-state index is 0.0117. The molecule has 2 aromatic carbocycles. The van der Waals surface area contributed by atoms with Gasteiger partial charge in [-0.05, 0) is 60.4 Å². The monoisotopic (exact) mass is 437 g/mol. The van der Waals surface area contributed by atoms with Crippen LogP contribution in [-0.4, -0.2) is 48.1 Å². The molecule has 2 aromatic rings. The van der Waals surface area contributed by atoms with Gasteiger partial charge in [0.25, 0.3) is 5.91 Å². The average Bonchev–Trinajstić information content (AvgIpc) is 3.50. The first-order valence-corrected chi connectivity index (χ1v) is 11.0. The number of benzene rings is 2. The summed E-state index contributed by atoms with van der Waals surface area (Å²) in [6.07, 6.45) is 4.40. The van der Waals surface area contributed by atoms with Crippen molar-refractivity contribution in [2.24, 2.45) is 11.0 Å². The van der Waals surface area contributed by atoms with E-state index in [1.165, 1.54) is 22.0 Å². The van der Waals surface area contributed by atoms with Gasteiger partial charge in [-0.2, -0.15) is 5.10 Å². The van der Waals surface area contributed by atoms with Crippen molar-refractivity contribution in [1.29, 1.82) is 0 Å². The lowest BCUT2D eigenvalue weighted by atomic mass is 9.98. The molecule has 0 bridgehead atoms. The van der Waals surface area contributed by atoms with Crippen LogP contribution in [0.2, 0.25) is 0 Å². The summed E-state index contributed by atoms with van der Waals surface area (Å²) in [6.45, 7) is -0.0353. The predicted octanol–water partition coefficient (Wildman–Crippen LogP) is 4.16. The highest BCUT2D eigenvalue weighted by Crippen LogP contribution is 2.33. The Hall–Kier alpha value is -3.22. The summed E-state index contributed by atoms with van der Waals surface area (Å²) in [6, 6.07) is 13.3. The third-order valence-electron chi connectivity index (χ3n) is 6.30. The Kier molecular flexibility index (Phi) is 6.53. The van der Waals surface area contributed by atoms with Gasteiger partial charge in [0, 0.05) is 19.4 Å². The van der Waals surface area contributed by atoms with Gasteiger partial charge in [-0.15, -0.1) is 0 Å². The molecular formula is C25H28FN3O3. The van der Waals surface area contributed by atoms with Crippen LogP contribution in [0.4, 0.5) is 4.39 Å². The maximum Gasteiger partial charge on any atom is 0.262 e. The molecule has 4 rings (SSSR count).